The van der Waals surface area contributed by atoms with Gasteiger partial charge in [0.25, 0.3) is 5.91 Å². The van der Waals surface area contributed by atoms with Gasteiger partial charge in [0.1, 0.15) is 10.6 Å². The van der Waals surface area contributed by atoms with E-state index in [-0.39, 0.29) is 0 Å². The molecule has 3 aromatic rings. The van der Waals surface area contributed by atoms with Crippen LogP contribution in [0.25, 0.3) is 10.1 Å². The largest absolute Gasteiger partial charge is 0.495 e. The van der Waals surface area contributed by atoms with Gasteiger partial charge in [0, 0.05) is 4.70 Å². The van der Waals surface area contributed by atoms with Gasteiger partial charge in [0.15, 0.2) is 6.10 Å². The molecule has 0 aliphatic carbocycles. The van der Waals surface area contributed by atoms with Crippen molar-refractivity contribution in [3.8, 4) is 5.75 Å². The standard InChI is InChI=1S/C20H19NO4S/c1-12-8-9-16(24-3)15(10-12)21-19(22)13(2)25-20(23)18-11-14-6-4-5-7-17(14)26-18/h4-11,13H,1-3H3,(H,21,22)/t13-/m1/s1. The van der Waals surface area contributed by atoms with Crippen LogP contribution in [0.4, 0.5) is 5.69 Å². The molecule has 0 bridgehead atoms. The molecule has 2 aromatic carbocycles. The number of aryl methyl sites for hydroxylation is 1. The van der Waals surface area contributed by atoms with E-state index in [4.69, 9.17) is 9.47 Å². The summed E-state index contributed by atoms with van der Waals surface area (Å²) in [6, 6.07) is 14.9. The third-order valence-electron chi connectivity index (χ3n) is 3.89. The summed E-state index contributed by atoms with van der Waals surface area (Å²) in [7, 11) is 1.53. The molecule has 0 radical (unpaired) electrons. The molecule has 26 heavy (non-hydrogen) atoms. The van der Waals surface area contributed by atoms with Crippen molar-refractivity contribution in [1.29, 1.82) is 0 Å². The molecule has 1 N–H and O–H groups in total. The Morgan fingerprint density at radius 2 is 1.88 bits per heavy atom. The van der Waals surface area contributed by atoms with Crippen LogP contribution in [0, 0.1) is 6.92 Å². The molecule has 6 heteroatoms. The molecule has 1 amide bonds. The SMILES string of the molecule is COc1ccc(C)cc1NC(=O)[C@@H](C)OC(=O)c1cc2ccccc2s1. The molecule has 0 saturated heterocycles. The van der Waals surface area contributed by atoms with E-state index in [1.165, 1.54) is 18.4 Å². The zero-order valence-corrected chi connectivity index (χ0v) is 15.6. The molecule has 0 aliphatic heterocycles. The minimum absolute atomic E-state index is 0.414. The lowest BCUT2D eigenvalue weighted by atomic mass is 10.2. The van der Waals surface area contributed by atoms with Gasteiger partial charge >= 0.3 is 5.97 Å². The summed E-state index contributed by atoms with van der Waals surface area (Å²) in [4.78, 5) is 25.2. The Bertz CT molecular complexity index is 930. The van der Waals surface area contributed by atoms with Crippen LogP contribution in [0.2, 0.25) is 0 Å². The number of methoxy groups -OCH3 is 1. The summed E-state index contributed by atoms with van der Waals surface area (Å²) in [6.07, 6.45) is -0.932. The molecule has 3 rings (SSSR count). The normalized spacial score (nSPS) is 11.8. The fraction of sp³-hybridized carbons (Fsp3) is 0.200. The fourth-order valence-corrected chi connectivity index (χ4v) is 3.45. The van der Waals surface area contributed by atoms with E-state index >= 15 is 0 Å². The maximum Gasteiger partial charge on any atom is 0.349 e. The van der Waals surface area contributed by atoms with E-state index in [0.29, 0.717) is 16.3 Å². The van der Waals surface area contributed by atoms with Crippen molar-refractivity contribution >= 4 is 39.0 Å². The summed E-state index contributed by atoms with van der Waals surface area (Å²) in [5, 5.41) is 3.73. The predicted octanol–water partition coefficient (Wildman–Crippen LogP) is 4.40. The summed E-state index contributed by atoms with van der Waals surface area (Å²) in [5.74, 6) is -0.375. The van der Waals surface area contributed by atoms with Crippen LogP contribution in [0.5, 0.6) is 5.75 Å². The lowest BCUT2D eigenvalue weighted by Gasteiger charge is -2.15. The number of ether oxygens (including phenoxy) is 2. The summed E-state index contributed by atoms with van der Waals surface area (Å²) >= 11 is 1.34. The Morgan fingerprint density at radius 3 is 2.62 bits per heavy atom. The number of rotatable bonds is 5. The number of hydrogen-bond acceptors (Lipinski definition) is 5. The average molecular weight is 369 g/mol. The third kappa shape index (κ3) is 3.86. The predicted molar refractivity (Wildman–Crippen MR) is 103 cm³/mol. The highest BCUT2D eigenvalue weighted by molar-refractivity contribution is 7.20. The highest BCUT2D eigenvalue weighted by Crippen LogP contribution is 2.27. The molecule has 0 spiro atoms. The second kappa shape index (κ2) is 7.58. The van der Waals surface area contributed by atoms with Gasteiger partial charge in [-0.2, -0.15) is 0 Å². The molecule has 0 unspecified atom stereocenters. The van der Waals surface area contributed by atoms with Gasteiger partial charge in [0.05, 0.1) is 12.8 Å². The molecule has 134 valence electrons. The second-order valence-electron chi connectivity index (χ2n) is 5.89. The smallest absolute Gasteiger partial charge is 0.349 e. The van der Waals surface area contributed by atoms with Crippen molar-refractivity contribution in [3.05, 3.63) is 59.0 Å². The van der Waals surface area contributed by atoms with Gasteiger partial charge in [-0.25, -0.2) is 4.79 Å². The molecule has 1 atom stereocenters. The number of esters is 1. The molecule has 5 nitrogen and oxygen atoms in total. The van der Waals surface area contributed by atoms with E-state index in [0.717, 1.165) is 15.6 Å². The van der Waals surface area contributed by atoms with Gasteiger partial charge in [-0.15, -0.1) is 11.3 Å². The van der Waals surface area contributed by atoms with Crippen LogP contribution in [-0.2, 0) is 9.53 Å². The van der Waals surface area contributed by atoms with Gasteiger partial charge in [-0.3, -0.25) is 4.79 Å². The van der Waals surface area contributed by atoms with E-state index in [1.54, 1.807) is 25.1 Å². The fourth-order valence-electron chi connectivity index (χ4n) is 2.51. The van der Waals surface area contributed by atoms with E-state index in [9.17, 15) is 9.59 Å². The van der Waals surface area contributed by atoms with Gasteiger partial charge in [-0.1, -0.05) is 24.3 Å². The molecular weight excluding hydrogens is 350 g/mol. The van der Waals surface area contributed by atoms with Crippen molar-refractivity contribution in [2.75, 3.05) is 12.4 Å². The average Bonchev–Trinajstić information content (AvgIpc) is 3.06. The first-order chi connectivity index (χ1) is 12.5. The maximum atomic E-state index is 12.4. The molecular formula is C20H19NO4S. The van der Waals surface area contributed by atoms with Crippen molar-refractivity contribution in [1.82, 2.24) is 0 Å². The van der Waals surface area contributed by atoms with E-state index in [1.807, 2.05) is 37.3 Å². The number of fused-ring (bicyclic) bond motifs is 1. The molecule has 0 aliphatic rings. The highest BCUT2D eigenvalue weighted by Gasteiger charge is 2.21. The molecule has 0 fully saturated rings. The summed E-state index contributed by atoms with van der Waals surface area (Å²) < 4.78 is 11.6. The Balaban J connectivity index is 1.69. The van der Waals surface area contributed by atoms with Crippen LogP contribution in [-0.4, -0.2) is 25.1 Å². The minimum Gasteiger partial charge on any atom is -0.495 e. The van der Waals surface area contributed by atoms with Crippen molar-refractivity contribution in [2.24, 2.45) is 0 Å². The van der Waals surface area contributed by atoms with Crippen LogP contribution in [0.3, 0.4) is 0 Å². The van der Waals surface area contributed by atoms with Crippen LogP contribution < -0.4 is 10.1 Å². The number of hydrogen-bond donors (Lipinski definition) is 1. The topological polar surface area (TPSA) is 64.6 Å². The zero-order chi connectivity index (χ0) is 18.7. The van der Waals surface area contributed by atoms with E-state index in [2.05, 4.69) is 5.32 Å². The highest BCUT2D eigenvalue weighted by atomic mass is 32.1. The number of carbonyl (C=O) groups excluding carboxylic acids is 2. The Morgan fingerprint density at radius 1 is 1.12 bits per heavy atom. The first kappa shape index (κ1) is 17.9. The summed E-state index contributed by atoms with van der Waals surface area (Å²) in [6.45, 7) is 3.46. The number of carbonyl (C=O) groups is 2. The Hall–Kier alpha value is -2.86. The molecule has 1 heterocycles. The van der Waals surface area contributed by atoms with Crippen molar-refractivity contribution < 1.29 is 19.1 Å². The molecule has 0 saturated carbocycles. The molecule has 1 aromatic heterocycles. The van der Waals surface area contributed by atoms with E-state index < -0.39 is 18.0 Å². The Kier molecular flexibility index (Phi) is 5.23. The first-order valence-corrected chi connectivity index (χ1v) is 8.94. The van der Waals surface area contributed by atoms with Gasteiger partial charge in [-0.05, 0) is 49.1 Å². The summed E-state index contributed by atoms with van der Waals surface area (Å²) in [5.41, 5.74) is 1.53. The lowest BCUT2D eigenvalue weighted by Crippen LogP contribution is -2.30. The number of amides is 1. The number of nitrogens with one attached hydrogen (secondary N) is 1. The monoisotopic (exact) mass is 369 g/mol. The lowest BCUT2D eigenvalue weighted by molar-refractivity contribution is -0.123. The van der Waals surface area contributed by atoms with Crippen molar-refractivity contribution in [3.63, 3.8) is 0 Å². The quantitative estimate of drug-likeness (QED) is 0.677. The number of anilines is 1. The van der Waals surface area contributed by atoms with Crippen LogP contribution in [0.1, 0.15) is 22.2 Å². The van der Waals surface area contributed by atoms with Crippen LogP contribution in [0.15, 0.2) is 48.5 Å². The first-order valence-electron chi connectivity index (χ1n) is 8.13. The minimum atomic E-state index is -0.932. The van der Waals surface area contributed by atoms with Gasteiger partial charge in [0.2, 0.25) is 0 Å². The number of benzene rings is 2. The second-order valence-corrected chi connectivity index (χ2v) is 6.97. The van der Waals surface area contributed by atoms with Crippen LogP contribution >= 0.6 is 11.3 Å². The van der Waals surface area contributed by atoms with Gasteiger partial charge < -0.3 is 14.8 Å². The Labute approximate surface area is 155 Å². The maximum absolute atomic E-state index is 12.4. The number of thiophene rings is 1. The zero-order valence-electron chi connectivity index (χ0n) is 14.7. The third-order valence-corrected chi connectivity index (χ3v) is 4.99. The van der Waals surface area contributed by atoms with Crippen molar-refractivity contribution in [2.45, 2.75) is 20.0 Å².